The molecule has 1 fully saturated rings. The second kappa shape index (κ2) is 6.15. The number of alkyl halides is 1. The molecular weight excluding hydrogens is 416 g/mol. The van der Waals surface area contributed by atoms with Gasteiger partial charge in [0.1, 0.15) is 0 Å². The van der Waals surface area contributed by atoms with Crippen LogP contribution in [0, 0.1) is 6.92 Å². The molecule has 2 nitrogen and oxygen atoms in total. The van der Waals surface area contributed by atoms with Gasteiger partial charge in [-0.1, -0.05) is 47.8 Å². The van der Waals surface area contributed by atoms with E-state index in [1.54, 1.807) is 0 Å². The second-order valence-corrected chi connectivity index (χ2v) is 6.70. The van der Waals surface area contributed by atoms with Gasteiger partial charge >= 0.3 is 0 Å². The Bertz CT molecular complexity index is 403. The van der Waals surface area contributed by atoms with Crippen LogP contribution in [0.1, 0.15) is 16.0 Å². The minimum atomic E-state index is 0.0645. The molecule has 2 atom stereocenters. The van der Waals surface area contributed by atoms with Gasteiger partial charge in [0.25, 0.3) is 0 Å². The van der Waals surface area contributed by atoms with E-state index in [4.69, 9.17) is 9.47 Å². The summed E-state index contributed by atoms with van der Waals surface area (Å²) in [6, 6.07) is 4.23. The maximum atomic E-state index is 5.71. The molecule has 0 aromatic heterocycles. The molecule has 94 valence electrons. The van der Waals surface area contributed by atoms with Gasteiger partial charge in [-0.25, -0.2) is 0 Å². The van der Waals surface area contributed by atoms with E-state index in [-0.39, 0.29) is 10.9 Å². The lowest BCUT2D eigenvalue weighted by Gasteiger charge is -2.28. The Labute approximate surface area is 126 Å². The average Bonchev–Trinajstić information content (AvgIpc) is 2.34. The predicted octanol–water partition coefficient (Wildman–Crippen LogP) is 4.37. The summed E-state index contributed by atoms with van der Waals surface area (Å²) in [6.07, 6.45) is 0.0645. The van der Waals surface area contributed by atoms with Crippen LogP contribution in [0.15, 0.2) is 21.1 Å². The summed E-state index contributed by atoms with van der Waals surface area (Å²) in [5, 5.41) is 0. The Morgan fingerprint density at radius 1 is 1.24 bits per heavy atom. The lowest BCUT2D eigenvalue weighted by atomic mass is 10.1. The third kappa shape index (κ3) is 3.32. The van der Waals surface area contributed by atoms with Crippen LogP contribution < -0.4 is 0 Å². The molecule has 17 heavy (non-hydrogen) atoms. The van der Waals surface area contributed by atoms with E-state index in [0.717, 1.165) is 8.95 Å². The van der Waals surface area contributed by atoms with Crippen LogP contribution in [0.3, 0.4) is 0 Å². The van der Waals surface area contributed by atoms with Gasteiger partial charge in [-0.05, 0) is 30.2 Å². The standard InChI is InChI=1S/C12H13Br3O2/c1-7-4-10(14)8(5-9(7)13)12(15)11-6-16-2-3-17-11/h4-5,11-12H,2-3,6H2,1H3. The van der Waals surface area contributed by atoms with Crippen molar-refractivity contribution < 1.29 is 9.47 Å². The zero-order valence-electron chi connectivity index (χ0n) is 9.38. The molecule has 0 saturated carbocycles. The summed E-state index contributed by atoms with van der Waals surface area (Å²) in [7, 11) is 0. The Morgan fingerprint density at radius 2 is 2.00 bits per heavy atom. The van der Waals surface area contributed by atoms with Crippen molar-refractivity contribution in [2.75, 3.05) is 19.8 Å². The molecular formula is C12H13Br3O2. The molecule has 1 aromatic carbocycles. The van der Waals surface area contributed by atoms with Crippen LogP contribution in [0.2, 0.25) is 0 Å². The minimum Gasteiger partial charge on any atom is -0.376 e. The Kier molecular flexibility index (Phi) is 5.06. The van der Waals surface area contributed by atoms with Crippen molar-refractivity contribution in [2.24, 2.45) is 0 Å². The summed E-state index contributed by atoms with van der Waals surface area (Å²) >= 11 is 10.9. The SMILES string of the molecule is Cc1cc(Br)c(C(Br)C2COCCO2)cc1Br. The summed E-state index contributed by atoms with van der Waals surface area (Å²) in [5.41, 5.74) is 2.39. The zero-order valence-corrected chi connectivity index (χ0v) is 14.1. The predicted molar refractivity (Wildman–Crippen MR) is 78.8 cm³/mol. The first-order valence-corrected chi connectivity index (χ1v) is 7.88. The molecule has 0 spiro atoms. The largest absolute Gasteiger partial charge is 0.376 e. The lowest BCUT2D eigenvalue weighted by Crippen LogP contribution is -2.31. The fourth-order valence-electron chi connectivity index (χ4n) is 1.75. The molecule has 0 amide bonds. The maximum Gasteiger partial charge on any atom is 0.0975 e. The first-order valence-electron chi connectivity index (χ1n) is 5.38. The molecule has 1 aromatic rings. The van der Waals surface area contributed by atoms with Gasteiger partial charge in [-0.2, -0.15) is 0 Å². The zero-order chi connectivity index (χ0) is 12.4. The van der Waals surface area contributed by atoms with E-state index in [0.29, 0.717) is 19.8 Å². The lowest BCUT2D eigenvalue weighted by molar-refractivity contribution is -0.0877. The highest BCUT2D eigenvalue weighted by Gasteiger charge is 2.26. The van der Waals surface area contributed by atoms with Gasteiger partial charge in [0.15, 0.2) is 0 Å². The maximum absolute atomic E-state index is 5.71. The summed E-state index contributed by atoms with van der Waals surface area (Å²) in [5.74, 6) is 0. The van der Waals surface area contributed by atoms with Crippen molar-refractivity contribution in [1.29, 1.82) is 0 Å². The molecule has 1 aliphatic heterocycles. The molecule has 2 rings (SSSR count). The Hall–Kier alpha value is 0.580. The highest BCUT2D eigenvalue weighted by molar-refractivity contribution is 9.11. The second-order valence-electron chi connectivity index (χ2n) is 4.01. The van der Waals surface area contributed by atoms with Crippen molar-refractivity contribution >= 4 is 47.8 Å². The summed E-state index contributed by atoms with van der Waals surface area (Å²) < 4.78 is 13.3. The van der Waals surface area contributed by atoms with Crippen molar-refractivity contribution in [3.63, 3.8) is 0 Å². The van der Waals surface area contributed by atoms with Crippen molar-refractivity contribution in [3.05, 3.63) is 32.2 Å². The molecule has 1 heterocycles. The number of aryl methyl sites for hydroxylation is 1. The molecule has 1 saturated heterocycles. The van der Waals surface area contributed by atoms with Crippen molar-refractivity contribution in [3.8, 4) is 0 Å². The highest BCUT2D eigenvalue weighted by Crippen LogP contribution is 2.37. The van der Waals surface area contributed by atoms with Gasteiger partial charge in [-0.3, -0.25) is 0 Å². The molecule has 2 unspecified atom stereocenters. The first-order chi connectivity index (χ1) is 8.09. The highest BCUT2D eigenvalue weighted by atomic mass is 79.9. The van der Waals surface area contributed by atoms with Gasteiger partial charge in [0.2, 0.25) is 0 Å². The Balaban J connectivity index is 2.23. The Morgan fingerprint density at radius 3 is 2.65 bits per heavy atom. The van der Waals surface area contributed by atoms with Crippen LogP contribution in [0.5, 0.6) is 0 Å². The van der Waals surface area contributed by atoms with Crippen LogP contribution in [0.25, 0.3) is 0 Å². The van der Waals surface area contributed by atoms with Gasteiger partial charge in [0, 0.05) is 8.95 Å². The van der Waals surface area contributed by atoms with Crippen LogP contribution >= 0.6 is 47.8 Å². The molecule has 0 bridgehead atoms. The first kappa shape index (κ1) is 14.0. The van der Waals surface area contributed by atoms with E-state index in [2.05, 4.69) is 66.8 Å². The van der Waals surface area contributed by atoms with Gasteiger partial charge in [0.05, 0.1) is 30.8 Å². The van der Waals surface area contributed by atoms with Gasteiger partial charge < -0.3 is 9.47 Å². The third-order valence-corrected chi connectivity index (χ3v) is 5.37. The van der Waals surface area contributed by atoms with E-state index >= 15 is 0 Å². The van der Waals surface area contributed by atoms with E-state index in [1.807, 2.05) is 0 Å². The molecule has 0 N–H and O–H groups in total. The topological polar surface area (TPSA) is 18.5 Å². The monoisotopic (exact) mass is 426 g/mol. The molecule has 1 aliphatic rings. The third-order valence-electron chi connectivity index (χ3n) is 2.74. The van der Waals surface area contributed by atoms with E-state index < -0.39 is 0 Å². The number of rotatable bonds is 2. The average molecular weight is 429 g/mol. The number of benzene rings is 1. The molecule has 0 radical (unpaired) electrons. The number of hydrogen-bond donors (Lipinski definition) is 0. The minimum absolute atomic E-state index is 0.0645. The number of halogens is 3. The fraction of sp³-hybridized carbons (Fsp3) is 0.500. The van der Waals surface area contributed by atoms with Crippen LogP contribution in [0.4, 0.5) is 0 Å². The number of hydrogen-bond acceptors (Lipinski definition) is 2. The molecule has 5 heteroatoms. The normalized spacial score (nSPS) is 22.5. The smallest absolute Gasteiger partial charge is 0.0975 e. The van der Waals surface area contributed by atoms with Crippen LogP contribution in [-0.2, 0) is 9.47 Å². The van der Waals surface area contributed by atoms with E-state index in [1.165, 1.54) is 11.1 Å². The van der Waals surface area contributed by atoms with Crippen molar-refractivity contribution in [2.45, 2.75) is 17.9 Å². The van der Waals surface area contributed by atoms with Gasteiger partial charge in [-0.15, -0.1) is 0 Å². The summed E-state index contributed by atoms with van der Waals surface area (Å²) in [4.78, 5) is 0.133. The summed E-state index contributed by atoms with van der Waals surface area (Å²) in [6.45, 7) is 4.06. The molecule has 0 aliphatic carbocycles. The van der Waals surface area contributed by atoms with E-state index in [9.17, 15) is 0 Å². The van der Waals surface area contributed by atoms with Crippen LogP contribution in [-0.4, -0.2) is 25.9 Å². The number of ether oxygens (including phenoxy) is 2. The fourth-order valence-corrected chi connectivity index (χ4v) is 3.81. The quantitative estimate of drug-likeness (QED) is 0.651. The van der Waals surface area contributed by atoms with Crippen molar-refractivity contribution in [1.82, 2.24) is 0 Å².